The second-order valence-electron chi connectivity index (χ2n) is 6.66. The highest BCUT2D eigenvalue weighted by Gasteiger charge is 2.32. The lowest BCUT2D eigenvalue weighted by Gasteiger charge is -2.34. The summed E-state index contributed by atoms with van der Waals surface area (Å²) in [5, 5.41) is 20.2. The van der Waals surface area contributed by atoms with Crippen molar-refractivity contribution in [3.63, 3.8) is 0 Å². The van der Waals surface area contributed by atoms with E-state index in [-0.39, 0.29) is 47.8 Å². The molecule has 2 aromatic carbocycles. The van der Waals surface area contributed by atoms with Gasteiger partial charge in [-0.15, -0.1) is 0 Å². The van der Waals surface area contributed by atoms with Crippen LogP contribution in [-0.4, -0.2) is 54.6 Å². The molecule has 0 aliphatic carbocycles. The van der Waals surface area contributed by atoms with Crippen LogP contribution in [0.15, 0.2) is 41.3 Å². The third kappa shape index (κ3) is 3.87. The van der Waals surface area contributed by atoms with Crippen LogP contribution in [0.4, 0.5) is 10.1 Å². The summed E-state index contributed by atoms with van der Waals surface area (Å²) in [6, 6.07) is 9.65. The van der Waals surface area contributed by atoms with Crippen molar-refractivity contribution in [2.75, 3.05) is 26.2 Å². The Bertz CT molecular complexity index is 1170. The van der Waals surface area contributed by atoms with Crippen molar-refractivity contribution in [1.82, 2.24) is 9.21 Å². The zero-order valence-corrected chi connectivity index (χ0v) is 16.7. The van der Waals surface area contributed by atoms with Gasteiger partial charge >= 0.3 is 0 Å². The van der Waals surface area contributed by atoms with E-state index in [2.05, 4.69) is 0 Å². The number of nitro groups is 1. The summed E-state index contributed by atoms with van der Waals surface area (Å²) in [7, 11) is -3.93. The van der Waals surface area contributed by atoms with Crippen molar-refractivity contribution < 1.29 is 22.5 Å². The van der Waals surface area contributed by atoms with Crippen LogP contribution in [0.1, 0.15) is 21.5 Å². The molecule has 9 nitrogen and oxygen atoms in total. The van der Waals surface area contributed by atoms with E-state index in [4.69, 9.17) is 5.26 Å². The van der Waals surface area contributed by atoms with Crippen LogP contribution in [-0.2, 0) is 10.0 Å². The molecule has 0 bridgehead atoms. The topological polar surface area (TPSA) is 125 Å². The maximum atomic E-state index is 14.0. The number of amides is 1. The molecule has 0 N–H and O–H groups in total. The lowest BCUT2D eigenvalue weighted by molar-refractivity contribution is -0.385. The number of hydrogen-bond acceptors (Lipinski definition) is 6. The highest BCUT2D eigenvalue weighted by atomic mass is 32.2. The molecule has 0 unspecified atom stereocenters. The fourth-order valence-corrected chi connectivity index (χ4v) is 4.78. The summed E-state index contributed by atoms with van der Waals surface area (Å²) in [5.74, 6) is -1.48. The van der Waals surface area contributed by atoms with Gasteiger partial charge in [0.25, 0.3) is 11.6 Å². The number of sulfonamides is 1. The highest BCUT2D eigenvalue weighted by Crippen LogP contribution is 2.25. The molecule has 0 radical (unpaired) electrons. The van der Waals surface area contributed by atoms with Gasteiger partial charge in [-0.2, -0.15) is 9.57 Å². The first-order valence-corrected chi connectivity index (χ1v) is 10.3. The molecule has 1 saturated heterocycles. The van der Waals surface area contributed by atoms with Gasteiger partial charge in [0.1, 0.15) is 11.9 Å². The molecule has 30 heavy (non-hydrogen) atoms. The Balaban J connectivity index is 1.78. The van der Waals surface area contributed by atoms with E-state index in [1.165, 1.54) is 34.3 Å². The molecule has 3 rings (SSSR count). The Morgan fingerprint density at radius 2 is 1.83 bits per heavy atom. The van der Waals surface area contributed by atoms with E-state index in [1.807, 2.05) is 6.07 Å². The molecule has 0 aromatic heterocycles. The molecule has 156 valence electrons. The van der Waals surface area contributed by atoms with Crippen molar-refractivity contribution in [3.8, 4) is 6.07 Å². The molecule has 0 saturated carbocycles. The Labute approximate surface area is 172 Å². The minimum atomic E-state index is -3.93. The Hall–Kier alpha value is -3.36. The van der Waals surface area contributed by atoms with Gasteiger partial charge in [0.05, 0.1) is 20.9 Å². The fraction of sp³-hybridized carbons (Fsp3) is 0.263. The lowest BCUT2D eigenvalue weighted by atomic mass is 10.1. The zero-order valence-electron chi connectivity index (χ0n) is 15.9. The van der Waals surface area contributed by atoms with Gasteiger partial charge in [-0.3, -0.25) is 14.9 Å². The third-order valence-electron chi connectivity index (χ3n) is 4.91. The summed E-state index contributed by atoms with van der Waals surface area (Å²) >= 11 is 0. The van der Waals surface area contributed by atoms with Gasteiger partial charge in [0.15, 0.2) is 0 Å². The van der Waals surface area contributed by atoms with Crippen LogP contribution in [0, 0.1) is 34.2 Å². The molecule has 0 spiro atoms. The normalized spacial score (nSPS) is 14.9. The van der Waals surface area contributed by atoms with Crippen molar-refractivity contribution in [1.29, 1.82) is 5.26 Å². The largest absolute Gasteiger partial charge is 0.336 e. The highest BCUT2D eigenvalue weighted by molar-refractivity contribution is 7.89. The predicted octanol–water partition coefficient (Wildman–Crippen LogP) is 2.06. The van der Waals surface area contributed by atoms with E-state index >= 15 is 0 Å². The van der Waals surface area contributed by atoms with Gasteiger partial charge in [0.2, 0.25) is 10.0 Å². The molecule has 1 aliphatic heterocycles. The standard InChI is InChI=1S/C19H17FN4O5S/c1-13-16(20)10-15(11-17(13)24(26)27)19(25)22-6-8-23(9-7-22)30(28,29)18-5-3-2-4-14(18)12-21/h2-5,10-11H,6-9H2,1H3. The summed E-state index contributed by atoms with van der Waals surface area (Å²) in [5.41, 5.74) is -0.800. The van der Waals surface area contributed by atoms with Crippen LogP contribution >= 0.6 is 0 Å². The van der Waals surface area contributed by atoms with Gasteiger partial charge in [0, 0.05) is 37.8 Å². The first-order valence-electron chi connectivity index (χ1n) is 8.90. The molecule has 1 amide bonds. The summed E-state index contributed by atoms with van der Waals surface area (Å²) in [6.07, 6.45) is 0. The van der Waals surface area contributed by atoms with Crippen molar-refractivity contribution in [3.05, 3.63) is 69.0 Å². The van der Waals surface area contributed by atoms with Crippen molar-refractivity contribution in [2.24, 2.45) is 0 Å². The molecule has 2 aromatic rings. The second-order valence-corrected chi connectivity index (χ2v) is 8.57. The quantitative estimate of drug-likeness (QED) is 0.538. The van der Waals surface area contributed by atoms with Crippen LogP contribution in [0.5, 0.6) is 0 Å². The first-order chi connectivity index (χ1) is 14.2. The minimum Gasteiger partial charge on any atom is -0.336 e. The third-order valence-corrected chi connectivity index (χ3v) is 6.87. The lowest BCUT2D eigenvalue weighted by Crippen LogP contribution is -2.50. The number of carbonyl (C=O) groups is 1. The number of hydrogen-bond donors (Lipinski definition) is 0. The number of carbonyl (C=O) groups excluding carboxylic acids is 1. The van der Waals surface area contributed by atoms with E-state index in [0.29, 0.717) is 0 Å². The van der Waals surface area contributed by atoms with Crippen molar-refractivity contribution in [2.45, 2.75) is 11.8 Å². The minimum absolute atomic E-state index is 0.0235. The molecule has 1 fully saturated rings. The number of nitriles is 1. The summed E-state index contributed by atoms with van der Waals surface area (Å²) in [4.78, 5) is 24.2. The van der Waals surface area contributed by atoms with E-state index in [1.54, 1.807) is 6.07 Å². The smallest absolute Gasteiger partial charge is 0.276 e. The van der Waals surface area contributed by atoms with E-state index in [0.717, 1.165) is 12.1 Å². The van der Waals surface area contributed by atoms with Crippen LogP contribution in [0.3, 0.4) is 0 Å². The second kappa shape index (κ2) is 8.17. The fourth-order valence-electron chi connectivity index (χ4n) is 3.21. The average Bonchev–Trinajstić information content (AvgIpc) is 2.74. The zero-order chi connectivity index (χ0) is 22.1. The number of nitro benzene ring substituents is 1. The van der Waals surface area contributed by atoms with Gasteiger partial charge in [-0.05, 0) is 25.1 Å². The van der Waals surface area contributed by atoms with E-state index < -0.39 is 32.4 Å². The Morgan fingerprint density at radius 3 is 2.43 bits per heavy atom. The Kier molecular flexibility index (Phi) is 5.82. The SMILES string of the molecule is Cc1c(F)cc(C(=O)N2CCN(S(=O)(=O)c3ccccc3C#N)CC2)cc1[N+](=O)[O-]. The number of benzene rings is 2. The molecule has 1 aliphatic rings. The first kappa shape index (κ1) is 21.4. The van der Waals surface area contributed by atoms with Gasteiger partial charge < -0.3 is 4.90 Å². The molecule has 1 heterocycles. The molecule has 11 heteroatoms. The maximum Gasteiger partial charge on any atom is 0.276 e. The van der Waals surface area contributed by atoms with E-state index in [9.17, 15) is 27.7 Å². The Morgan fingerprint density at radius 1 is 1.20 bits per heavy atom. The van der Waals surface area contributed by atoms with Crippen LogP contribution in [0.2, 0.25) is 0 Å². The molecular formula is C19H17FN4O5S. The number of piperazine rings is 1. The molecule has 0 atom stereocenters. The monoisotopic (exact) mass is 432 g/mol. The number of halogens is 1. The number of nitrogens with zero attached hydrogens (tertiary/aromatic N) is 4. The number of rotatable bonds is 4. The predicted molar refractivity (Wildman–Crippen MR) is 104 cm³/mol. The van der Waals surface area contributed by atoms with Gasteiger partial charge in [-0.25, -0.2) is 12.8 Å². The van der Waals surface area contributed by atoms with Gasteiger partial charge in [-0.1, -0.05) is 12.1 Å². The molecular weight excluding hydrogens is 415 g/mol. The maximum absolute atomic E-state index is 14.0. The average molecular weight is 432 g/mol. The van der Waals surface area contributed by atoms with Crippen molar-refractivity contribution >= 4 is 21.6 Å². The van der Waals surface area contributed by atoms with Crippen LogP contribution in [0.25, 0.3) is 0 Å². The van der Waals surface area contributed by atoms with Crippen LogP contribution < -0.4 is 0 Å². The summed E-state index contributed by atoms with van der Waals surface area (Å²) in [6.45, 7) is 1.26. The summed E-state index contributed by atoms with van der Waals surface area (Å²) < 4.78 is 40.9.